The highest BCUT2D eigenvalue weighted by Crippen LogP contribution is 2.37. The lowest BCUT2D eigenvalue weighted by Crippen LogP contribution is -2.52. The van der Waals surface area contributed by atoms with Gasteiger partial charge in [0.05, 0.1) is 5.41 Å². The van der Waals surface area contributed by atoms with Crippen LogP contribution in [-0.4, -0.2) is 23.0 Å². The Morgan fingerprint density at radius 3 is 2.50 bits per heavy atom. The minimum absolute atomic E-state index is 0.0408. The van der Waals surface area contributed by atoms with Crippen LogP contribution in [0.25, 0.3) is 0 Å². The molecule has 0 bridgehead atoms. The molecular weight excluding hydrogens is 230 g/mol. The van der Waals surface area contributed by atoms with Gasteiger partial charge in [-0.05, 0) is 38.5 Å². The number of amides is 1. The van der Waals surface area contributed by atoms with Crippen LogP contribution in [0.4, 0.5) is 0 Å². The van der Waals surface area contributed by atoms with E-state index in [4.69, 9.17) is 0 Å². The number of carbonyl (C=O) groups is 2. The maximum atomic E-state index is 11.9. The number of aliphatic carboxylic acids is 1. The molecule has 102 valence electrons. The summed E-state index contributed by atoms with van der Waals surface area (Å²) in [6.45, 7) is 1.77. The van der Waals surface area contributed by atoms with Gasteiger partial charge in [-0.1, -0.05) is 19.3 Å². The van der Waals surface area contributed by atoms with E-state index < -0.39 is 11.4 Å². The molecular formula is C14H23NO3. The minimum atomic E-state index is -0.784. The van der Waals surface area contributed by atoms with Crippen molar-refractivity contribution < 1.29 is 14.7 Å². The lowest BCUT2D eigenvalue weighted by Gasteiger charge is -2.38. The molecule has 2 unspecified atom stereocenters. The Morgan fingerprint density at radius 2 is 1.94 bits per heavy atom. The Hall–Kier alpha value is -1.06. The molecule has 0 aromatic rings. The van der Waals surface area contributed by atoms with Gasteiger partial charge in [-0.15, -0.1) is 0 Å². The van der Waals surface area contributed by atoms with Gasteiger partial charge in [0.1, 0.15) is 0 Å². The number of carboxylic acids is 1. The third-order valence-electron chi connectivity index (χ3n) is 4.73. The number of carbonyl (C=O) groups excluding carboxylic acids is 1. The van der Waals surface area contributed by atoms with Gasteiger partial charge in [-0.2, -0.15) is 0 Å². The van der Waals surface area contributed by atoms with Crippen molar-refractivity contribution in [1.29, 1.82) is 0 Å². The van der Waals surface area contributed by atoms with Crippen molar-refractivity contribution in [3.8, 4) is 0 Å². The molecule has 18 heavy (non-hydrogen) atoms. The molecule has 1 amide bonds. The topological polar surface area (TPSA) is 66.4 Å². The Morgan fingerprint density at radius 1 is 1.22 bits per heavy atom. The Labute approximate surface area is 108 Å². The first-order chi connectivity index (χ1) is 8.52. The summed E-state index contributed by atoms with van der Waals surface area (Å²) >= 11 is 0. The van der Waals surface area contributed by atoms with E-state index in [0.29, 0.717) is 18.8 Å². The van der Waals surface area contributed by atoms with E-state index in [0.717, 1.165) is 32.1 Å². The molecule has 0 aromatic carbocycles. The molecule has 2 fully saturated rings. The van der Waals surface area contributed by atoms with Crippen molar-refractivity contribution >= 4 is 11.9 Å². The molecule has 2 aliphatic carbocycles. The fourth-order valence-corrected chi connectivity index (χ4v) is 3.03. The Bertz CT molecular complexity index is 338. The highest BCUT2D eigenvalue weighted by molar-refractivity contribution is 5.80. The van der Waals surface area contributed by atoms with Crippen molar-refractivity contribution in [3.05, 3.63) is 0 Å². The second-order valence-electron chi connectivity index (χ2n) is 6.09. The van der Waals surface area contributed by atoms with Gasteiger partial charge in [0.15, 0.2) is 0 Å². The molecule has 2 saturated carbocycles. The first-order valence-electron chi connectivity index (χ1n) is 7.05. The van der Waals surface area contributed by atoms with Crippen LogP contribution in [0.5, 0.6) is 0 Å². The summed E-state index contributed by atoms with van der Waals surface area (Å²) in [4.78, 5) is 23.3. The van der Waals surface area contributed by atoms with Gasteiger partial charge < -0.3 is 10.4 Å². The Kier molecular flexibility index (Phi) is 3.93. The predicted molar refractivity (Wildman–Crippen MR) is 68.1 cm³/mol. The van der Waals surface area contributed by atoms with Gasteiger partial charge in [0.2, 0.25) is 5.91 Å². The molecule has 0 aliphatic heterocycles. The van der Waals surface area contributed by atoms with Crippen molar-refractivity contribution in [1.82, 2.24) is 5.32 Å². The third kappa shape index (κ3) is 2.68. The normalized spacial score (nSPS) is 32.6. The molecule has 2 atom stereocenters. The fourth-order valence-electron chi connectivity index (χ4n) is 3.03. The SMILES string of the molecule is CC1(C(=O)O)CCCCC1NC(=O)CC1CCC1. The van der Waals surface area contributed by atoms with Crippen LogP contribution >= 0.6 is 0 Å². The number of carboxylic acid groups (broad SMARTS) is 1. The summed E-state index contributed by atoms with van der Waals surface area (Å²) in [5, 5.41) is 12.3. The molecule has 4 heteroatoms. The largest absolute Gasteiger partial charge is 0.481 e. The van der Waals surface area contributed by atoms with Gasteiger partial charge in [0.25, 0.3) is 0 Å². The second-order valence-corrected chi connectivity index (χ2v) is 6.09. The van der Waals surface area contributed by atoms with Crippen molar-refractivity contribution in [2.24, 2.45) is 11.3 Å². The number of rotatable bonds is 4. The molecule has 2 aliphatic rings. The van der Waals surface area contributed by atoms with Crippen LogP contribution in [0.2, 0.25) is 0 Å². The van der Waals surface area contributed by atoms with Gasteiger partial charge in [0, 0.05) is 12.5 Å². The third-order valence-corrected chi connectivity index (χ3v) is 4.73. The lowest BCUT2D eigenvalue weighted by atomic mass is 9.71. The zero-order chi connectivity index (χ0) is 13.2. The maximum absolute atomic E-state index is 11.9. The fraction of sp³-hybridized carbons (Fsp3) is 0.857. The van der Waals surface area contributed by atoms with Gasteiger partial charge in [-0.3, -0.25) is 9.59 Å². The monoisotopic (exact) mass is 253 g/mol. The molecule has 2 N–H and O–H groups in total. The van der Waals surface area contributed by atoms with E-state index in [1.807, 2.05) is 0 Å². The number of nitrogens with one attached hydrogen (secondary N) is 1. The summed E-state index contributed by atoms with van der Waals surface area (Å²) in [6.07, 6.45) is 7.51. The first kappa shape index (κ1) is 13.4. The van der Waals surface area contributed by atoms with Crippen LogP contribution in [-0.2, 0) is 9.59 Å². The lowest BCUT2D eigenvalue weighted by molar-refractivity contribution is -0.152. The van der Waals surface area contributed by atoms with Crippen LogP contribution in [0, 0.1) is 11.3 Å². The zero-order valence-electron chi connectivity index (χ0n) is 11.1. The summed E-state index contributed by atoms with van der Waals surface area (Å²) in [7, 11) is 0. The first-order valence-corrected chi connectivity index (χ1v) is 7.05. The van der Waals surface area contributed by atoms with Crippen molar-refractivity contribution in [3.63, 3.8) is 0 Å². The molecule has 4 nitrogen and oxygen atoms in total. The van der Waals surface area contributed by atoms with E-state index in [1.54, 1.807) is 6.92 Å². The highest BCUT2D eigenvalue weighted by atomic mass is 16.4. The van der Waals surface area contributed by atoms with Crippen LogP contribution in [0.15, 0.2) is 0 Å². The predicted octanol–water partition coefficient (Wildman–Crippen LogP) is 2.33. The summed E-state index contributed by atoms with van der Waals surface area (Å²) in [5.74, 6) is -0.208. The Balaban J connectivity index is 1.92. The summed E-state index contributed by atoms with van der Waals surface area (Å²) in [6, 6.07) is -0.198. The average Bonchev–Trinajstić information content (AvgIpc) is 2.27. The molecule has 0 saturated heterocycles. The van der Waals surface area contributed by atoms with E-state index in [-0.39, 0.29) is 11.9 Å². The van der Waals surface area contributed by atoms with E-state index in [9.17, 15) is 14.7 Å². The second kappa shape index (κ2) is 5.29. The molecule has 0 spiro atoms. The highest BCUT2D eigenvalue weighted by Gasteiger charge is 2.43. The van der Waals surface area contributed by atoms with Crippen LogP contribution in [0.3, 0.4) is 0 Å². The van der Waals surface area contributed by atoms with Gasteiger partial charge in [-0.25, -0.2) is 0 Å². The van der Waals surface area contributed by atoms with Crippen LogP contribution < -0.4 is 5.32 Å². The van der Waals surface area contributed by atoms with E-state index >= 15 is 0 Å². The average molecular weight is 253 g/mol. The smallest absolute Gasteiger partial charge is 0.311 e. The van der Waals surface area contributed by atoms with Crippen molar-refractivity contribution in [2.45, 2.75) is 64.3 Å². The molecule has 0 aromatic heterocycles. The number of hydrogen-bond acceptors (Lipinski definition) is 2. The van der Waals surface area contributed by atoms with Gasteiger partial charge >= 0.3 is 5.97 Å². The van der Waals surface area contributed by atoms with Crippen LogP contribution in [0.1, 0.15) is 58.3 Å². The standard InChI is InChI=1S/C14H23NO3/c1-14(13(17)18)8-3-2-7-11(14)15-12(16)9-10-5-4-6-10/h10-11H,2-9H2,1H3,(H,15,16)(H,17,18). The van der Waals surface area contributed by atoms with E-state index in [2.05, 4.69) is 5.32 Å². The van der Waals surface area contributed by atoms with E-state index in [1.165, 1.54) is 6.42 Å². The number of hydrogen-bond donors (Lipinski definition) is 2. The zero-order valence-corrected chi connectivity index (χ0v) is 11.1. The molecule has 0 heterocycles. The maximum Gasteiger partial charge on any atom is 0.311 e. The molecule has 0 radical (unpaired) electrons. The summed E-state index contributed by atoms with van der Waals surface area (Å²) < 4.78 is 0. The van der Waals surface area contributed by atoms with Crippen molar-refractivity contribution in [2.75, 3.05) is 0 Å². The molecule has 2 rings (SSSR count). The minimum Gasteiger partial charge on any atom is -0.481 e. The summed E-state index contributed by atoms with van der Waals surface area (Å²) in [5.41, 5.74) is -0.784. The quantitative estimate of drug-likeness (QED) is 0.808.